The number of aryl methyl sites for hydroxylation is 1. The van der Waals surface area contributed by atoms with Crippen molar-refractivity contribution >= 4 is 0 Å². The minimum absolute atomic E-state index is 0.249. The lowest BCUT2D eigenvalue weighted by Crippen LogP contribution is -2.39. The third-order valence-corrected chi connectivity index (χ3v) is 4.43. The van der Waals surface area contributed by atoms with E-state index in [0.29, 0.717) is 5.56 Å². The second-order valence-electron chi connectivity index (χ2n) is 5.66. The largest absolute Gasteiger partial charge is 0.494 e. The molecule has 0 fully saturated rings. The molecule has 3 heteroatoms. The van der Waals surface area contributed by atoms with Crippen LogP contribution < -0.4 is 10.5 Å². The highest BCUT2D eigenvalue weighted by molar-refractivity contribution is 5.46. The standard InChI is InChI=1S/C18H20FNO/c1-21-16-11-6-10-15(17(16)19)18(20)12-5-4-8-13-7-2-3-9-14(13)18/h2-3,6-7,9-11H,4-5,8,12,20H2,1H3. The number of ether oxygens (including phenoxy) is 1. The fourth-order valence-electron chi connectivity index (χ4n) is 3.32. The van der Waals surface area contributed by atoms with Crippen LogP contribution >= 0.6 is 0 Å². The lowest BCUT2D eigenvalue weighted by molar-refractivity contribution is 0.373. The fourth-order valence-corrected chi connectivity index (χ4v) is 3.32. The van der Waals surface area contributed by atoms with Gasteiger partial charge in [-0.25, -0.2) is 4.39 Å². The summed E-state index contributed by atoms with van der Waals surface area (Å²) in [4.78, 5) is 0. The van der Waals surface area contributed by atoms with Gasteiger partial charge in [0.05, 0.1) is 12.6 Å². The van der Waals surface area contributed by atoms with Crippen molar-refractivity contribution in [1.82, 2.24) is 0 Å². The Bertz CT molecular complexity index is 655. The molecule has 2 N–H and O–H groups in total. The van der Waals surface area contributed by atoms with Gasteiger partial charge in [0.1, 0.15) is 0 Å². The van der Waals surface area contributed by atoms with Gasteiger partial charge in [0.15, 0.2) is 11.6 Å². The average Bonchev–Trinajstić information content (AvgIpc) is 2.68. The topological polar surface area (TPSA) is 35.2 Å². The first-order valence-corrected chi connectivity index (χ1v) is 7.37. The molecule has 2 aromatic carbocycles. The molecular formula is C18H20FNO. The molecule has 0 amide bonds. The van der Waals surface area contributed by atoms with Crippen LogP contribution in [0.3, 0.4) is 0 Å². The van der Waals surface area contributed by atoms with Gasteiger partial charge in [-0.1, -0.05) is 42.8 Å². The van der Waals surface area contributed by atoms with Crippen LogP contribution in [0.25, 0.3) is 0 Å². The zero-order valence-corrected chi connectivity index (χ0v) is 12.2. The van der Waals surface area contributed by atoms with Crippen molar-refractivity contribution in [2.75, 3.05) is 7.11 Å². The Hall–Kier alpha value is -1.87. The maximum absolute atomic E-state index is 14.7. The van der Waals surface area contributed by atoms with E-state index < -0.39 is 5.54 Å². The van der Waals surface area contributed by atoms with Crippen molar-refractivity contribution in [3.63, 3.8) is 0 Å². The highest BCUT2D eigenvalue weighted by atomic mass is 19.1. The second-order valence-corrected chi connectivity index (χ2v) is 5.66. The van der Waals surface area contributed by atoms with Gasteiger partial charge in [0, 0.05) is 5.56 Å². The molecule has 0 heterocycles. The van der Waals surface area contributed by atoms with Crippen LogP contribution in [0, 0.1) is 5.82 Å². The van der Waals surface area contributed by atoms with Crippen LogP contribution in [0.1, 0.15) is 36.0 Å². The molecule has 0 saturated carbocycles. The third kappa shape index (κ3) is 2.32. The Kier molecular flexibility index (Phi) is 3.68. The second kappa shape index (κ2) is 5.49. The Morgan fingerprint density at radius 1 is 1.05 bits per heavy atom. The molecule has 2 aromatic rings. The molecule has 0 aromatic heterocycles. The van der Waals surface area contributed by atoms with Gasteiger partial charge in [-0.3, -0.25) is 0 Å². The quantitative estimate of drug-likeness (QED) is 0.853. The molecule has 2 nitrogen and oxygen atoms in total. The van der Waals surface area contributed by atoms with E-state index in [4.69, 9.17) is 10.5 Å². The number of rotatable bonds is 2. The third-order valence-electron chi connectivity index (χ3n) is 4.43. The fraction of sp³-hybridized carbons (Fsp3) is 0.333. The van der Waals surface area contributed by atoms with E-state index in [1.54, 1.807) is 18.2 Å². The number of halogens is 1. The number of hydrogen-bond donors (Lipinski definition) is 1. The maximum atomic E-state index is 14.7. The van der Waals surface area contributed by atoms with Crippen LogP contribution in [0.15, 0.2) is 42.5 Å². The first kappa shape index (κ1) is 14.1. The molecule has 21 heavy (non-hydrogen) atoms. The summed E-state index contributed by atoms with van der Waals surface area (Å²) in [6.07, 6.45) is 3.82. The number of fused-ring (bicyclic) bond motifs is 1. The normalized spacial score (nSPS) is 21.5. The highest BCUT2D eigenvalue weighted by Crippen LogP contribution is 2.40. The summed E-state index contributed by atoms with van der Waals surface area (Å²) >= 11 is 0. The minimum atomic E-state index is -0.786. The van der Waals surface area contributed by atoms with Gasteiger partial charge < -0.3 is 10.5 Å². The molecule has 0 bridgehead atoms. The molecular weight excluding hydrogens is 265 g/mol. The summed E-state index contributed by atoms with van der Waals surface area (Å²) in [5.41, 5.74) is 8.72. The molecule has 0 radical (unpaired) electrons. The Morgan fingerprint density at radius 3 is 2.62 bits per heavy atom. The van der Waals surface area contributed by atoms with Crippen molar-refractivity contribution in [3.8, 4) is 5.75 Å². The molecule has 110 valence electrons. The molecule has 1 atom stereocenters. The van der Waals surface area contributed by atoms with Crippen molar-refractivity contribution in [2.45, 2.75) is 31.2 Å². The van der Waals surface area contributed by atoms with E-state index in [-0.39, 0.29) is 11.6 Å². The summed E-state index contributed by atoms with van der Waals surface area (Å²) in [5.74, 6) is -0.0988. The predicted molar refractivity (Wildman–Crippen MR) is 81.9 cm³/mol. The number of benzene rings is 2. The summed E-state index contributed by atoms with van der Waals surface area (Å²) < 4.78 is 19.8. The highest BCUT2D eigenvalue weighted by Gasteiger charge is 2.35. The first-order chi connectivity index (χ1) is 10.2. The Balaban J connectivity index is 2.20. The number of hydrogen-bond acceptors (Lipinski definition) is 2. The van der Waals surface area contributed by atoms with Crippen molar-refractivity contribution in [2.24, 2.45) is 5.73 Å². The summed E-state index contributed by atoms with van der Waals surface area (Å²) in [5, 5.41) is 0. The monoisotopic (exact) mass is 285 g/mol. The van der Waals surface area contributed by atoms with Crippen LogP contribution in [-0.4, -0.2) is 7.11 Å². The zero-order chi connectivity index (χ0) is 14.9. The van der Waals surface area contributed by atoms with E-state index in [1.807, 2.05) is 18.2 Å². The van der Waals surface area contributed by atoms with Crippen LogP contribution in [0.2, 0.25) is 0 Å². The smallest absolute Gasteiger partial charge is 0.170 e. The Morgan fingerprint density at radius 2 is 1.81 bits per heavy atom. The lowest BCUT2D eigenvalue weighted by Gasteiger charge is -2.31. The molecule has 1 aliphatic rings. The zero-order valence-electron chi connectivity index (χ0n) is 12.2. The average molecular weight is 285 g/mol. The number of nitrogens with two attached hydrogens (primary N) is 1. The van der Waals surface area contributed by atoms with E-state index in [1.165, 1.54) is 12.7 Å². The molecule has 0 saturated heterocycles. The Labute approximate surface area is 124 Å². The van der Waals surface area contributed by atoms with Crippen LogP contribution in [0.4, 0.5) is 4.39 Å². The van der Waals surface area contributed by atoms with E-state index >= 15 is 0 Å². The van der Waals surface area contributed by atoms with Gasteiger partial charge in [0.25, 0.3) is 0 Å². The molecule has 0 spiro atoms. The molecule has 3 rings (SSSR count). The maximum Gasteiger partial charge on any atom is 0.170 e. The van der Waals surface area contributed by atoms with Gasteiger partial charge in [-0.15, -0.1) is 0 Å². The van der Waals surface area contributed by atoms with Gasteiger partial charge in [-0.05, 0) is 36.5 Å². The van der Waals surface area contributed by atoms with Crippen LogP contribution in [0.5, 0.6) is 5.75 Å². The molecule has 0 aliphatic heterocycles. The van der Waals surface area contributed by atoms with E-state index in [9.17, 15) is 4.39 Å². The summed E-state index contributed by atoms with van der Waals surface area (Å²) in [7, 11) is 1.48. The van der Waals surface area contributed by atoms with Crippen LogP contribution in [-0.2, 0) is 12.0 Å². The van der Waals surface area contributed by atoms with E-state index in [2.05, 4.69) is 6.07 Å². The minimum Gasteiger partial charge on any atom is -0.494 e. The SMILES string of the molecule is COc1cccc(C2(N)CCCCc3ccccc32)c1F. The summed E-state index contributed by atoms with van der Waals surface area (Å²) in [6, 6.07) is 13.3. The number of methoxy groups -OCH3 is 1. The van der Waals surface area contributed by atoms with Crippen molar-refractivity contribution < 1.29 is 9.13 Å². The van der Waals surface area contributed by atoms with Gasteiger partial charge in [0.2, 0.25) is 0 Å². The van der Waals surface area contributed by atoms with Crippen molar-refractivity contribution in [3.05, 3.63) is 65.0 Å². The van der Waals surface area contributed by atoms with Gasteiger partial charge >= 0.3 is 0 Å². The molecule has 1 unspecified atom stereocenters. The van der Waals surface area contributed by atoms with Gasteiger partial charge in [-0.2, -0.15) is 0 Å². The first-order valence-electron chi connectivity index (χ1n) is 7.37. The molecule has 1 aliphatic carbocycles. The summed E-state index contributed by atoms with van der Waals surface area (Å²) in [6.45, 7) is 0. The van der Waals surface area contributed by atoms with E-state index in [0.717, 1.165) is 31.2 Å². The van der Waals surface area contributed by atoms with Crippen molar-refractivity contribution in [1.29, 1.82) is 0 Å². The lowest BCUT2D eigenvalue weighted by atomic mass is 9.79. The predicted octanol–water partition coefficient (Wildman–Crippen LogP) is 3.76.